The van der Waals surface area contributed by atoms with Gasteiger partial charge in [0.05, 0.1) is 11.6 Å². The van der Waals surface area contributed by atoms with Gasteiger partial charge in [-0.05, 0) is 79.6 Å². The number of amides is 2. The van der Waals surface area contributed by atoms with Crippen LogP contribution in [0.1, 0.15) is 63.2 Å². The lowest BCUT2D eigenvalue weighted by Gasteiger charge is -2.31. The molecule has 0 unspecified atom stereocenters. The summed E-state index contributed by atoms with van der Waals surface area (Å²) in [5.41, 5.74) is 13.8. The molecule has 2 atom stereocenters. The summed E-state index contributed by atoms with van der Waals surface area (Å²) in [7, 11) is 1.68. The molecule has 0 saturated heterocycles. The van der Waals surface area contributed by atoms with Gasteiger partial charge in [0.2, 0.25) is 5.91 Å². The van der Waals surface area contributed by atoms with Gasteiger partial charge in [-0.15, -0.1) is 0 Å². The Balaban J connectivity index is 1.49. The summed E-state index contributed by atoms with van der Waals surface area (Å²) in [4.78, 5) is 30.3. The molecular weight excluding hydrogens is 462 g/mol. The maximum Gasteiger partial charge on any atom is 0.266 e. The highest BCUT2D eigenvalue weighted by molar-refractivity contribution is 5.97. The van der Waals surface area contributed by atoms with Gasteiger partial charge < -0.3 is 11.1 Å². The fraction of sp³-hybridized carbons (Fsp3) is 0.267. The molecule has 37 heavy (non-hydrogen) atoms. The van der Waals surface area contributed by atoms with Crippen molar-refractivity contribution in [2.45, 2.75) is 44.9 Å². The van der Waals surface area contributed by atoms with Gasteiger partial charge in [0.15, 0.2) is 0 Å². The first-order valence-corrected chi connectivity index (χ1v) is 12.6. The van der Waals surface area contributed by atoms with Crippen molar-refractivity contribution in [3.8, 4) is 11.1 Å². The molecule has 1 aliphatic carbocycles. The number of carbonyl (C=O) groups is 2. The number of hydrogen-bond donors (Lipinski definition) is 2. The molecule has 2 aromatic heterocycles. The monoisotopic (exact) mass is 493 g/mol. The highest BCUT2D eigenvalue weighted by Gasteiger charge is 2.36. The molecule has 2 aromatic carbocycles. The van der Waals surface area contributed by atoms with Gasteiger partial charge in [-0.3, -0.25) is 19.3 Å². The van der Waals surface area contributed by atoms with E-state index < -0.39 is 11.8 Å². The lowest BCUT2D eigenvalue weighted by molar-refractivity contribution is -0.118. The normalized spacial score (nSPS) is 15.6. The minimum atomic E-state index is -0.568. The maximum atomic E-state index is 13.9. The van der Waals surface area contributed by atoms with Gasteiger partial charge in [-0.25, -0.2) is 0 Å². The van der Waals surface area contributed by atoms with Crippen LogP contribution in [-0.4, -0.2) is 26.6 Å². The van der Waals surface area contributed by atoms with Crippen LogP contribution in [0.15, 0.2) is 66.9 Å². The Labute approximate surface area is 216 Å². The second-order valence-corrected chi connectivity index (χ2v) is 9.77. The Morgan fingerprint density at radius 1 is 1.08 bits per heavy atom. The number of nitrogens with one attached hydrogen (secondary N) is 1. The molecule has 0 radical (unpaired) electrons. The van der Waals surface area contributed by atoms with E-state index in [0.29, 0.717) is 11.4 Å². The van der Waals surface area contributed by atoms with Crippen LogP contribution in [0, 0.1) is 13.8 Å². The summed E-state index contributed by atoms with van der Waals surface area (Å²) >= 11 is 0. The number of fused-ring (bicyclic) bond motifs is 1. The first-order valence-electron chi connectivity index (χ1n) is 12.6. The standard InChI is InChI=1S/C30H31N5O2/c1-18-15-16-32-19(2)27(18)21-11-13-22(14-12-21)33-30(37)28(25-17-26(29(31)36)35(3)34-25)24-10-6-8-20-7-4-5-9-23(20)24/h4-5,7,9,11-17,24,28H,6,8,10H2,1-3H3,(H2,31,36)(H,33,37)/t24-,28+/m1/s1. The van der Waals surface area contributed by atoms with Gasteiger partial charge in [-0.1, -0.05) is 36.4 Å². The van der Waals surface area contributed by atoms with E-state index in [9.17, 15) is 9.59 Å². The smallest absolute Gasteiger partial charge is 0.266 e. The van der Waals surface area contributed by atoms with Crippen LogP contribution >= 0.6 is 0 Å². The number of nitrogens with zero attached hydrogens (tertiary/aromatic N) is 3. The minimum absolute atomic E-state index is 0.0551. The van der Waals surface area contributed by atoms with Crippen molar-refractivity contribution in [2.75, 3.05) is 5.32 Å². The average Bonchev–Trinajstić information content (AvgIpc) is 3.26. The number of aromatic nitrogens is 3. The zero-order valence-electron chi connectivity index (χ0n) is 21.4. The Kier molecular flexibility index (Phi) is 6.61. The quantitative estimate of drug-likeness (QED) is 0.393. The van der Waals surface area contributed by atoms with Crippen molar-refractivity contribution in [1.29, 1.82) is 0 Å². The summed E-state index contributed by atoms with van der Waals surface area (Å²) in [5.74, 6) is -1.35. The van der Waals surface area contributed by atoms with Crippen molar-refractivity contribution in [1.82, 2.24) is 14.8 Å². The number of rotatable bonds is 6. The third-order valence-corrected chi connectivity index (χ3v) is 7.36. The number of hydrogen-bond acceptors (Lipinski definition) is 4. The van der Waals surface area contributed by atoms with E-state index in [-0.39, 0.29) is 17.5 Å². The molecule has 0 saturated carbocycles. The molecule has 0 spiro atoms. The lowest BCUT2D eigenvalue weighted by atomic mass is 9.74. The van der Waals surface area contributed by atoms with Crippen LogP contribution in [0.3, 0.4) is 0 Å². The van der Waals surface area contributed by atoms with Gasteiger partial charge in [0, 0.05) is 36.1 Å². The van der Waals surface area contributed by atoms with Crippen molar-refractivity contribution < 1.29 is 9.59 Å². The van der Waals surface area contributed by atoms with Crippen LogP contribution in [0.5, 0.6) is 0 Å². The zero-order valence-corrected chi connectivity index (χ0v) is 21.4. The fourth-order valence-corrected chi connectivity index (χ4v) is 5.60. The topological polar surface area (TPSA) is 103 Å². The van der Waals surface area contributed by atoms with E-state index in [2.05, 4.69) is 34.5 Å². The number of carbonyl (C=O) groups excluding carboxylic acids is 2. The SMILES string of the molecule is Cc1ccnc(C)c1-c1ccc(NC(=O)[C@H](c2cc(C(N)=O)n(C)n2)[C@@H]2CCCc3ccccc32)cc1. The van der Waals surface area contributed by atoms with Crippen molar-refractivity contribution in [2.24, 2.45) is 12.8 Å². The van der Waals surface area contributed by atoms with E-state index in [4.69, 9.17) is 5.73 Å². The first kappa shape index (κ1) is 24.4. The Morgan fingerprint density at radius 3 is 2.54 bits per heavy atom. The molecule has 2 amide bonds. The summed E-state index contributed by atoms with van der Waals surface area (Å²) in [5, 5.41) is 7.68. The van der Waals surface area contributed by atoms with Crippen LogP contribution in [-0.2, 0) is 18.3 Å². The fourth-order valence-electron chi connectivity index (χ4n) is 5.60. The molecular formula is C30H31N5O2. The number of nitrogens with two attached hydrogens (primary N) is 1. The third kappa shape index (κ3) is 4.77. The van der Waals surface area contributed by atoms with Crippen LogP contribution in [0.4, 0.5) is 5.69 Å². The number of pyridine rings is 1. The number of anilines is 1. The van der Waals surface area contributed by atoms with E-state index in [1.807, 2.05) is 55.6 Å². The number of benzene rings is 2. The molecule has 188 valence electrons. The molecule has 0 aliphatic heterocycles. The van der Waals surface area contributed by atoms with Crippen LogP contribution in [0.2, 0.25) is 0 Å². The minimum Gasteiger partial charge on any atom is -0.364 e. The molecule has 4 aromatic rings. The molecule has 3 N–H and O–H groups in total. The van der Waals surface area contributed by atoms with Crippen molar-refractivity contribution in [3.05, 3.63) is 101 Å². The largest absolute Gasteiger partial charge is 0.364 e. The van der Waals surface area contributed by atoms with Crippen LogP contribution < -0.4 is 11.1 Å². The highest BCUT2D eigenvalue weighted by atomic mass is 16.2. The Hall–Kier alpha value is -4.26. The van der Waals surface area contributed by atoms with Crippen molar-refractivity contribution in [3.63, 3.8) is 0 Å². The molecule has 0 bridgehead atoms. The summed E-state index contributed by atoms with van der Waals surface area (Å²) < 4.78 is 1.46. The second kappa shape index (κ2) is 10.0. The van der Waals surface area contributed by atoms with E-state index >= 15 is 0 Å². The zero-order chi connectivity index (χ0) is 26.1. The first-order chi connectivity index (χ1) is 17.8. The van der Waals surface area contributed by atoms with Crippen LogP contribution in [0.25, 0.3) is 11.1 Å². The van der Waals surface area contributed by atoms with Crippen molar-refractivity contribution >= 4 is 17.5 Å². The van der Waals surface area contributed by atoms with Gasteiger partial charge in [0.1, 0.15) is 5.69 Å². The maximum absolute atomic E-state index is 13.9. The Morgan fingerprint density at radius 2 is 1.84 bits per heavy atom. The van der Waals surface area contributed by atoms with Gasteiger partial charge >= 0.3 is 0 Å². The molecule has 7 heteroatoms. The summed E-state index contributed by atoms with van der Waals surface area (Å²) in [6, 6.07) is 19.8. The number of aryl methyl sites for hydroxylation is 4. The summed E-state index contributed by atoms with van der Waals surface area (Å²) in [6.45, 7) is 4.07. The lowest BCUT2D eigenvalue weighted by Crippen LogP contribution is -2.29. The highest BCUT2D eigenvalue weighted by Crippen LogP contribution is 2.42. The third-order valence-electron chi connectivity index (χ3n) is 7.36. The predicted octanol–water partition coefficient (Wildman–Crippen LogP) is 5.04. The average molecular weight is 494 g/mol. The molecule has 2 heterocycles. The number of primary amides is 1. The van der Waals surface area contributed by atoms with E-state index in [1.54, 1.807) is 13.1 Å². The molecule has 5 rings (SSSR count). The molecule has 1 aliphatic rings. The molecule has 0 fully saturated rings. The predicted molar refractivity (Wildman–Crippen MR) is 144 cm³/mol. The molecule has 7 nitrogen and oxygen atoms in total. The Bertz CT molecular complexity index is 1450. The van der Waals surface area contributed by atoms with E-state index in [1.165, 1.54) is 10.2 Å². The van der Waals surface area contributed by atoms with Gasteiger partial charge in [-0.2, -0.15) is 5.10 Å². The second-order valence-electron chi connectivity index (χ2n) is 9.77. The van der Waals surface area contributed by atoms with E-state index in [0.717, 1.165) is 47.2 Å². The van der Waals surface area contributed by atoms with Gasteiger partial charge in [0.25, 0.3) is 5.91 Å². The summed E-state index contributed by atoms with van der Waals surface area (Å²) in [6.07, 6.45) is 4.65.